The Balaban J connectivity index is 1.52. The molecule has 1 aliphatic heterocycles. The minimum Gasteiger partial charge on any atom is -0.495 e. The van der Waals surface area contributed by atoms with E-state index in [4.69, 9.17) is 16.3 Å². The Morgan fingerprint density at radius 1 is 1.16 bits per heavy atom. The van der Waals surface area contributed by atoms with Crippen LogP contribution in [0, 0.1) is 0 Å². The van der Waals surface area contributed by atoms with E-state index in [9.17, 15) is 0 Å². The number of nitrogens with zero attached hydrogens (tertiary/aromatic N) is 6. The number of hydrogen-bond donors (Lipinski definition) is 1. The van der Waals surface area contributed by atoms with Gasteiger partial charge in [-0.3, -0.25) is 9.58 Å². The van der Waals surface area contributed by atoms with Gasteiger partial charge in [0.2, 0.25) is 5.95 Å². The average Bonchev–Trinajstić information content (AvgIpc) is 3.28. The molecule has 3 heterocycles. The topological polar surface area (TPSA) is 71.3 Å². The molecule has 32 heavy (non-hydrogen) atoms. The van der Waals surface area contributed by atoms with Gasteiger partial charge in [0.15, 0.2) is 0 Å². The van der Waals surface area contributed by atoms with Crippen molar-refractivity contribution in [3.63, 3.8) is 0 Å². The van der Waals surface area contributed by atoms with Gasteiger partial charge in [0.25, 0.3) is 0 Å². The van der Waals surface area contributed by atoms with Crippen LogP contribution in [0.15, 0.2) is 36.8 Å². The minimum absolute atomic E-state index is 0.260. The predicted octanol–water partition coefficient (Wildman–Crippen LogP) is 4.07. The molecule has 8 nitrogen and oxygen atoms in total. The van der Waals surface area contributed by atoms with Crippen molar-refractivity contribution in [3.8, 4) is 17.0 Å². The molecule has 1 fully saturated rings. The first-order chi connectivity index (χ1) is 15.4. The molecule has 0 saturated carbocycles. The number of ether oxygens (including phenoxy) is 1. The average molecular weight is 456 g/mol. The van der Waals surface area contributed by atoms with E-state index in [1.807, 2.05) is 16.9 Å². The summed E-state index contributed by atoms with van der Waals surface area (Å²) in [6.45, 7) is 9.41. The Hall–Kier alpha value is -2.68. The number of methoxy groups -OCH3 is 1. The lowest BCUT2D eigenvalue weighted by molar-refractivity contribution is 0.148. The summed E-state index contributed by atoms with van der Waals surface area (Å²) >= 11 is 6.38. The highest BCUT2D eigenvalue weighted by Crippen LogP contribution is 2.31. The van der Waals surface area contributed by atoms with Crippen molar-refractivity contribution in [1.29, 1.82) is 0 Å². The maximum atomic E-state index is 6.38. The minimum atomic E-state index is 0.260. The Morgan fingerprint density at radius 2 is 1.94 bits per heavy atom. The van der Waals surface area contributed by atoms with Gasteiger partial charge in [-0.15, -0.1) is 0 Å². The van der Waals surface area contributed by atoms with Crippen molar-refractivity contribution in [2.45, 2.75) is 26.4 Å². The van der Waals surface area contributed by atoms with Crippen LogP contribution in [-0.2, 0) is 6.54 Å². The third-order valence-corrected chi connectivity index (χ3v) is 5.94. The van der Waals surface area contributed by atoms with E-state index in [2.05, 4.69) is 63.2 Å². The molecule has 0 unspecified atom stereocenters. The Kier molecular flexibility index (Phi) is 6.93. The molecule has 9 heteroatoms. The number of likely N-dealkylation sites (N-methyl/N-ethyl adjacent to an activating group) is 1. The van der Waals surface area contributed by atoms with E-state index in [-0.39, 0.29) is 6.04 Å². The first-order valence-electron chi connectivity index (χ1n) is 10.8. The molecule has 1 aliphatic rings. The van der Waals surface area contributed by atoms with Gasteiger partial charge in [0.05, 0.1) is 35.9 Å². The molecular weight excluding hydrogens is 426 g/mol. The number of aromatic nitrogens is 4. The van der Waals surface area contributed by atoms with Gasteiger partial charge in [0.1, 0.15) is 5.75 Å². The molecule has 0 radical (unpaired) electrons. The lowest BCUT2D eigenvalue weighted by Crippen LogP contribution is -2.43. The van der Waals surface area contributed by atoms with E-state index in [0.717, 1.165) is 49.7 Å². The summed E-state index contributed by atoms with van der Waals surface area (Å²) in [6.07, 6.45) is 5.31. The van der Waals surface area contributed by atoms with Crippen LogP contribution >= 0.6 is 11.6 Å². The zero-order valence-corrected chi connectivity index (χ0v) is 19.8. The highest BCUT2D eigenvalue weighted by molar-refractivity contribution is 6.32. The van der Waals surface area contributed by atoms with Crippen LogP contribution in [0.5, 0.6) is 5.75 Å². The summed E-state index contributed by atoms with van der Waals surface area (Å²) < 4.78 is 7.53. The van der Waals surface area contributed by atoms with Crippen molar-refractivity contribution < 1.29 is 4.74 Å². The largest absolute Gasteiger partial charge is 0.495 e. The molecule has 0 aliphatic carbocycles. The summed E-state index contributed by atoms with van der Waals surface area (Å²) in [5.41, 5.74) is 3.52. The molecule has 0 atom stereocenters. The molecule has 1 N–H and O–H groups in total. The van der Waals surface area contributed by atoms with Crippen molar-refractivity contribution in [3.05, 3.63) is 47.4 Å². The van der Waals surface area contributed by atoms with Gasteiger partial charge < -0.3 is 15.0 Å². The lowest BCUT2D eigenvalue weighted by atomic mass is 10.1. The highest BCUT2D eigenvalue weighted by atomic mass is 35.5. The maximum absolute atomic E-state index is 6.38. The SMILES string of the molecule is COc1cc(CN2CCN(C)CC2)ccc1Nc1ncc(Cl)c(-c2cnn(C(C)C)c2)n1. The molecule has 3 aromatic rings. The Labute approximate surface area is 194 Å². The second kappa shape index (κ2) is 9.85. The maximum Gasteiger partial charge on any atom is 0.227 e. The molecule has 0 amide bonds. The fourth-order valence-electron chi connectivity index (χ4n) is 3.69. The fourth-order valence-corrected chi connectivity index (χ4v) is 3.89. The number of halogens is 1. The Bertz CT molecular complexity index is 1060. The van der Waals surface area contributed by atoms with Crippen molar-refractivity contribution in [2.75, 3.05) is 45.7 Å². The van der Waals surface area contributed by atoms with Gasteiger partial charge >= 0.3 is 0 Å². The quantitative estimate of drug-likeness (QED) is 0.575. The zero-order valence-electron chi connectivity index (χ0n) is 19.0. The summed E-state index contributed by atoms with van der Waals surface area (Å²) in [5.74, 6) is 1.20. The van der Waals surface area contributed by atoms with E-state index in [0.29, 0.717) is 16.7 Å². The summed E-state index contributed by atoms with van der Waals surface area (Å²) in [4.78, 5) is 13.8. The van der Waals surface area contributed by atoms with Crippen LogP contribution in [0.3, 0.4) is 0 Å². The van der Waals surface area contributed by atoms with Crippen LogP contribution in [0.2, 0.25) is 5.02 Å². The summed E-state index contributed by atoms with van der Waals surface area (Å²) in [7, 11) is 3.84. The lowest BCUT2D eigenvalue weighted by Gasteiger charge is -2.32. The number of nitrogens with one attached hydrogen (secondary N) is 1. The normalized spacial score (nSPS) is 15.3. The molecule has 4 rings (SSSR count). The number of anilines is 2. The second-order valence-corrected chi connectivity index (χ2v) is 8.84. The molecule has 1 aromatic carbocycles. The summed E-state index contributed by atoms with van der Waals surface area (Å²) in [5, 5.41) is 8.14. The Morgan fingerprint density at radius 3 is 2.62 bits per heavy atom. The number of rotatable bonds is 7. The van der Waals surface area contributed by atoms with Crippen LogP contribution in [0.4, 0.5) is 11.6 Å². The zero-order chi connectivity index (χ0) is 22.7. The van der Waals surface area contributed by atoms with E-state index >= 15 is 0 Å². The number of benzene rings is 1. The van der Waals surface area contributed by atoms with Gasteiger partial charge in [-0.05, 0) is 38.6 Å². The molecule has 0 bridgehead atoms. The molecule has 0 spiro atoms. The first kappa shape index (κ1) is 22.5. The van der Waals surface area contributed by atoms with Gasteiger partial charge in [-0.2, -0.15) is 5.10 Å². The van der Waals surface area contributed by atoms with Crippen molar-refractivity contribution >= 4 is 23.2 Å². The second-order valence-electron chi connectivity index (χ2n) is 8.43. The highest BCUT2D eigenvalue weighted by Gasteiger charge is 2.16. The van der Waals surface area contributed by atoms with Crippen molar-refractivity contribution in [2.24, 2.45) is 0 Å². The van der Waals surface area contributed by atoms with Gasteiger partial charge in [0, 0.05) is 50.5 Å². The van der Waals surface area contributed by atoms with Crippen LogP contribution in [0.25, 0.3) is 11.3 Å². The number of hydrogen-bond acceptors (Lipinski definition) is 7. The standard InChI is InChI=1S/C23H30ClN7O/c1-16(2)31-15-18(12-26-31)22-19(24)13-25-23(28-22)27-20-6-5-17(11-21(20)32-4)14-30-9-7-29(3)8-10-30/h5-6,11-13,15-16H,7-10,14H2,1-4H3,(H,25,27,28). The first-order valence-corrected chi connectivity index (χ1v) is 11.2. The van der Waals surface area contributed by atoms with E-state index in [1.165, 1.54) is 5.56 Å². The smallest absolute Gasteiger partial charge is 0.227 e. The molecular formula is C23H30ClN7O. The number of piperazine rings is 1. The molecule has 1 saturated heterocycles. The fraction of sp³-hybridized carbons (Fsp3) is 0.435. The molecule has 170 valence electrons. The van der Waals surface area contributed by atoms with Crippen LogP contribution < -0.4 is 10.1 Å². The van der Waals surface area contributed by atoms with Gasteiger partial charge in [-0.25, -0.2) is 9.97 Å². The molecule has 2 aromatic heterocycles. The van der Waals surface area contributed by atoms with Crippen LogP contribution in [-0.4, -0.2) is 69.9 Å². The predicted molar refractivity (Wildman–Crippen MR) is 128 cm³/mol. The van der Waals surface area contributed by atoms with Crippen molar-refractivity contribution in [1.82, 2.24) is 29.5 Å². The monoisotopic (exact) mass is 455 g/mol. The van der Waals surface area contributed by atoms with E-state index in [1.54, 1.807) is 19.5 Å². The summed E-state index contributed by atoms with van der Waals surface area (Å²) in [6, 6.07) is 6.46. The third kappa shape index (κ3) is 5.20. The van der Waals surface area contributed by atoms with Crippen LogP contribution in [0.1, 0.15) is 25.5 Å². The van der Waals surface area contributed by atoms with Gasteiger partial charge in [-0.1, -0.05) is 17.7 Å². The third-order valence-electron chi connectivity index (χ3n) is 5.66. The van der Waals surface area contributed by atoms with E-state index < -0.39 is 0 Å².